The minimum atomic E-state index is -1.21. The number of hydrogen-bond acceptors (Lipinski definition) is 10. The number of aliphatic carboxylic acids is 1. The van der Waals surface area contributed by atoms with E-state index in [1.54, 1.807) is 0 Å². The van der Waals surface area contributed by atoms with Crippen molar-refractivity contribution < 1.29 is 29.8 Å². The number of nitro benzene ring substituents is 3. The zero-order valence-corrected chi connectivity index (χ0v) is 13.3. The van der Waals surface area contributed by atoms with E-state index in [1.807, 2.05) is 0 Å². The van der Waals surface area contributed by atoms with Gasteiger partial charge in [-0.05, 0) is 19.4 Å². The third kappa shape index (κ3) is 7.02. The van der Waals surface area contributed by atoms with Crippen LogP contribution in [0.25, 0.3) is 0 Å². The summed E-state index contributed by atoms with van der Waals surface area (Å²) in [5, 5.41) is 48.5. The van der Waals surface area contributed by atoms with Crippen LogP contribution in [0.15, 0.2) is 12.1 Å². The van der Waals surface area contributed by atoms with E-state index in [4.69, 9.17) is 21.7 Å². The Morgan fingerprint density at radius 3 is 1.81 bits per heavy atom. The number of benzene rings is 1. The number of unbranched alkanes of at least 4 members (excludes halogenated alkanes) is 1. The molecule has 0 fully saturated rings. The van der Waals surface area contributed by atoms with E-state index in [2.05, 4.69) is 0 Å². The lowest BCUT2D eigenvalue weighted by molar-refractivity contribution is -0.404. The lowest BCUT2D eigenvalue weighted by atomic mass is 10.1. The van der Waals surface area contributed by atoms with Crippen molar-refractivity contribution in [2.75, 3.05) is 6.54 Å². The van der Waals surface area contributed by atoms with Crippen LogP contribution in [0.2, 0.25) is 0 Å². The highest BCUT2D eigenvalue weighted by molar-refractivity contribution is 5.72. The third-order valence-electron chi connectivity index (χ3n) is 2.95. The summed E-state index contributed by atoms with van der Waals surface area (Å²) in [6.07, 6.45) is 2.16. The van der Waals surface area contributed by atoms with Crippen LogP contribution in [0.5, 0.6) is 5.75 Å². The molecule has 26 heavy (non-hydrogen) atoms. The highest BCUT2D eigenvalue weighted by Gasteiger charge is 2.30. The van der Waals surface area contributed by atoms with Crippen molar-refractivity contribution >= 4 is 23.0 Å². The minimum absolute atomic E-state index is 0.447. The quantitative estimate of drug-likeness (QED) is 0.279. The van der Waals surface area contributed by atoms with E-state index in [9.17, 15) is 35.1 Å². The molecule has 0 amide bonds. The maximum absolute atomic E-state index is 10.4. The average Bonchev–Trinajstić information content (AvgIpc) is 2.54. The van der Waals surface area contributed by atoms with Gasteiger partial charge >= 0.3 is 17.3 Å². The van der Waals surface area contributed by atoms with Gasteiger partial charge < -0.3 is 21.7 Å². The average molecular weight is 375 g/mol. The molecule has 0 spiro atoms. The van der Waals surface area contributed by atoms with Crippen molar-refractivity contribution in [3.8, 4) is 5.75 Å². The molecule has 1 atom stereocenters. The second-order valence-corrected chi connectivity index (χ2v) is 4.83. The van der Waals surface area contributed by atoms with E-state index in [0.717, 1.165) is 12.8 Å². The monoisotopic (exact) mass is 375 g/mol. The van der Waals surface area contributed by atoms with E-state index in [-0.39, 0.29) is 0 Å². The first kappa shape index (κ1) is 22.6. The molecule has 0 aliphatic heterocycles. The Bertz CT molecular complexity index is 659. The number of phenols is 1. The summed E-state index contributed by atoms with van der Waals surface area (Å²) in [6, 6.07) is 0.177. The number of nitrogens with two attached hydrogens (primary N) is 2. The minimum Gasteiger partial charge on any atom is -0.497 e. The molecule has 0 bridgehead atoms. The summed E-state index contributed by atoms with van der Waals surface area (Å²) in [5.41, 5.74) is 7.42. The van der Waals surface area contributed by atoms with Crippen LogP contribution in [0.4, 0.5) is 17.1 Å². The number of rotatable bonds is 8. The first-order valence-electron chi connectivity index (χ1n) is 7.01. The first-order chi connectivity index (χ1) is 12.0. The van der Waals surface area contributed by atoms with Crippen LogP contribution in [0.3, 0.4) is 0 Å². The number of carboxylic acid groups (broad SMARTS) is 1. The van der Waals surface area contributed by atoms with Crippen molar-refractivity contribution in [1.29, 1.82) is 0 Å². The Morgan fingerprint density at radius 2 is 1.50 bits per heavy atom. The van der Waals surface area contributed by atoms with Crippen LogP contribution in [-0.4, -0.2) is 43.5 Å². The normalized spacial score (nSPS) is 11.0. The van der Waals surface area contributed by atoms with Gasteiger partial charge in [-0.1, -0.05) is 6.42 Å². The largest absolute Gasteiger partial charge is 0.497 e. The summed E-state index contributed by atoms with van der Waals surface area (Å²) in [7, 11) is 0. The molecule has 1 rings (SSSR count). The first-order valence-corrected chi connectivity index (χ1v) is 7.01. The molecule has 14 heteroatoms. The van der Waals surface area contributed by atoms with Crippen LogP contribution in [-0.2, 0) is 4.79 Å². The highest BCUT2D eigenvalue weighted by Crippen LogP contribution is 2.38. The number of nitrogens with zero attached hydrogens (tertiary/aromatic N) is 3. The predicted molar refractivity (Wildman–Crippen MR) is 86.6 cm³/mol. The van der Waals surface area contributed by atoms with Crippen molar-refractivity contribution in [3.05, 3.63) is 42.5 Å². The van der Waals surface area contributed by atoms with E-state index < -0.39 is 49.6 Å². The van der Waals surface area contributed by atoms with E-state index >= 15 is 0 Å². The molecule has 1 aromatic rings. The fourth-order valence-electron chi connectivity index (χ4n) is 1.61. The number of carbonyl (C=O) groups is 1. The molecule has 144 valence electrons. The molecule has 0 radical (unpaired) electrons. The smallest absolute Gasteiger partial charge is 0.324 e. The molecule has 0 aliphatic carbocycles. The number of hydrogen-bond donors (Lipinski definition) is 4. The Morgan fingerprint density at radius 1 is 1.04 bits per heavy atom. The topological polar surface area (TPSA) is 239 Å². The Hall–Kier alpha value is -3.39. The molecule has 1 unspecified atom stereocenters. The molecule has 0 aromatic heterocycles. The lowest BCUT2D eigenvalue weighted by Gasteiger charge is -2.03. The fraction of sp³-hybridized carbons (Fsp3) is 0.417. The van der Waals surface area contributed by atoms with Crippen molar-refractivity contribution in [2.24, 2.45) is 11.5 Å². The van der Waals surface area contributed by atoms with Gasteiger partial charge in [-0.3, -0.25) is 35.1 Å². The maximum atomic E-state index is 10.4. The Balaban J connectivity index is 0.000000541. The van der Waals surface area contributed by atoms with Gasteiger partial charge in [0.05, 0.1) is 26.9 Å². The SMILES string of the molecule is NCCCCC(N)C(=O)O.O=[N+]([O-])c1cc([N+](=O)[O-])c(O)c([N+](=O)[O-])c1. The van der Waals surface area contributed by atoms with Gasteiger partial charge in [0, 0.05) is 0 Å². The molecular weight excluding hydrogens is 358 g/mol. The molecule has 0 saturated heterocycles. The summed E-state index contributed by atoms with van der Waals surface area (Å²) in [6.45, 7) is 0.604. The van der Waals surface area contributed by atoms with Gasteiger partial charge in [-0.25, -0.2) is 0 Å². The van der Waals surface area contributed by atoms with Gasteiger partial charge in [-0.2, -0.15) is 0 Å². The van der Waals surface area contributed by atoms with E-state index in [1.165, 1.54) is 0 Å². The highest BCUT2D eigenvalue weighted by atomic mass is 16.6. The number of aromatic hydroxyl groups is 1. The van der Waals surface area contributed by atoms with Gasteiger partial charge in [-0.15, -0.1) is 0 Å². The molecular formula is C12H17N5O9. The number of non-ortho nitro benzene ring substituents is 1. The van der Waals surface area contributed by atoms with Gasteiger partial charge in [0.2, 0.25) is 0 Å². The Kier molecular flexibility index (Phi) is 9.10. The molecule has 0 aliphatic rings. The van der Waals surface area contributed by atoms with Crippen molar-refractivity contribution in [1.82, 2.24) is 0 Å². The third-order valence-corrected chi connectivity index (χ3v) is 2.95. The van der Waals surface area contributed by atoms with Crippen molar-refractivity contribution in [3.63, 3.8) is 0 Å². The second kappa shape index (κ2) is 10.5. The van der Waals surface area contributed by atoms with Crippen LogP contribution in [0.1, 0.15) is 19.3 Å². The van der Waals surface area contributed by atoms with Crippen LogP contribution in [0, 0.1) is 30.3 Å². The second-order valence-electron chi connectivity index (χ2n) is 4.83. The Labute approximate surface area is 145 Å². The number of phenolic OH excluding ortho intramolecular Hbond substituents is 1. The zero-order chi connectivity index (χ0) is 20.4. The molecule has 0 saturated carbocycles. The fourth-order valence-corrected chi connectivity index (χ4v) is 1.61. The summed E-state index contributed by atoms with van der Waals surface area (Å²) < 4.78 is 0. The summed E-state index contributed by atoms with van der Waals surface area (Å²) in [4.78, 5) is 37.9. The number of nitro groups is 3. The molecule has 1 aromatic carbocycles. The van der Waals surface area contributed by atoms with Gasteiger partial charge in [0.1, 0.15) is 6.04 Å². The lowest BCUT2D eigenvalue weighted by Crippen LogP contribution is -2.29. The van der Waals surface area contributed by atoms with Crippen LogP contribution < -0.4 is 11.5 Å². The molecule has 6 N–H and O–H groups in total. The van der Waals surface area contributed by atoms with Crippen molar-refractivity contribution in [2.45, 2.75) is 25.3 Å². The molecule has 0 heterocycles. The summed E-state index contributed by atoms with van der Waals surface area (Å²) in [5.74, 6) is -2.14. The maximum Gasteiger partial charge on any atom is 0.324 e. The van der Waals surface area contributed by atoms with Crippen LogP contribution >= 0.6 is 0 Å². The zero-order valence-electron chi connectivity index (χ0n) is 13.3. The predicted octanol–water partition coefficient (Wildman–Crippen LogP) is 0.644. The van der Waals surface area contributed by atoms with Gasteiger partial charge in [0.25, 0.3) is 11.4 Å². The van der Waals surface area contributed by atoms with E-state index in [0.29, 0.717) is 25.1 Å². The summed E-state index contributed by atoms with van der Waals surface area (Å²) >= 11 is 0. The standard InChI is InChI=1S/C6H3N3O7.C6H14N2O2/c10-6-4(8(13)14)1-3(7(11)12)2-5(6)9(15)16;7-4-2-1-3-5(8)6(9)10/h1-2,10H;5H,1-4,7-8H2,(H,9,10). The number of carboxylic acids is 1. The molecule has 14 nitrogen and oxygen atoms in total. The van der Waals surface area contributed by atoms with Gasteiger partial charge in [0.15, 0.2) is 0 Å².